The number of nitrogens with one attached hydrogen (secondary N) is 1. The van der Waals surface area contributed by atoms with E-state index in [0.29, 0.717) is 30.0 Å². The molecule has 0 amide bonds. The van der Waals surface area contributed by atoms with Crippen molar-refractivity contribution in [2.24, 2.45) is 7.05 Å². The lowest BCUT2D eigenvalue weighted by Crippen LogP contribution is -2.35. The lowest BCUT2D eigenvalue weighted by molar-refractivity contribution is 0.00991. The summed E-state index contributed by atoms with van der Waals surface area (Å²) < 4.78 is 5.08. The Balaban J connectivity index is 1.55. The van der Waals surface area contributed by atoms with E-state index in [-0.39, 0.29) is 11.7 Å². The summed E-state index contributed by atoms with van der Waals surface area (Å²) in [6.07, 6.45) is 6.16. The molecule has 0 atom stereocenters. The third kappa shape index (κ3) is 2.95. The SMILES string of the molecule is Cc1c(Nc2ncc3c(n2)n([C@H]2CC[C@](C)(O)CC2)c(=O)n3C)ccc2cnnn12. The van der Waals surface area contributed by atoms with Gasteiger partial charge in [0.1, 0.15) is 5.52 Å². The summed E-state index contributed by atoms with van der Waals surface area (Å²) >= 11 is 0. The van der Waals surface area contributed by atoms with E-state index >= 15 is 0 Å². The molecule has 4 aromatic heterocycles. The maximum Gasteiger partial charge on any atom is 0.330 e. The Kier molecular flexibility index (Phi) is 4.14. The molecule has 0 saturated heterocycles. The van der Waals surface area contributed by atoms with E-state index in [1.165, 1.54) is 0 Å². The lowest BCUT2D eigenvalue weighted by atomic mass is 9.83. The van der Waals surface area contributed by atoms with Crippen LogP contribution in [-0.4, -0.2) is 44.6 Å². The van der Waals surface area contributed by atoms with Gasteiger partial charge >= 0.3 is 5.69 Å². The predicted octanol–water partition coefficient (Wildman–Crippen LogP) is 2.09. The Labute approximate surface area is 172 Å². The van der Waals surface area contributed by atoms with Gasteiger partial charge in [-0.1, -0.05) is 5.21 Å². The molecular weight excluding hydrogens is 384 g/mol. The lowest BCUT2D eigenvalue weighted by Gasteiger charge is -2.33. The molecule has 0 unspecified atom stereocenters. The van der Waals surface area contributed by atoms with Crippen LogP contribution in [0.1, 0.15) is 44.3 Å². The summed E-state index contributed by atoms with van der Waals surface area (Å²) in [5.74, 6) is 0.409. The summed E-state index contributed by atoms with van der Waals surface area (Å²) in [6.45, 7) is 3.79. The van der Waals surface area contributed by atoms with Crippen molar-refractivity contribution in [2.75, 3.05) is 5.32 Å². The summed E-state index contributed by atoms with van der Waals surface area (Å²) in [7, 11) is 1.74. The van der Waals surface area contributed by atoms with E-state index in [0.717, 1.165) is 29.7 Å². The van der Waals surface area contributed by atoms with E-state index in [9.17, 15) is 9.90 Å². The van der Waals surface area contributed by atoms with Crippen LogP contribution >= 0.6 is 0 Å². The summed E-state index contributed by atoms with van der Waals surface area (Å²) in [5, 5.41) is 21.5. The van der Waals surface area contributed by atoms with Gasteiger partial charge in [0.15, 0.2) is 5.65 Å². The number of aliphatic hydroxyl groups is 1. The van der Waals surface area contributed by atoms with Crippen LogP contribution in [0.15, 0.2) is 29.3 Å². The minimum absolute atomic E-state index is 0.0115. The van der Waals surface area contributed by atoms with E-state index < -0.39 is 5.60 Å². The van der Waals surface area contributed by atoms with Gasteiger partial charge in [0.2, 0.25) is 5.95 Å². The van der Waals surface area contributed by atoms with Crippen LogP contribution in [0.25, 0.3) is 16.7 Å². The second-order valence-electron chi connectivity index (χ2n) is 8.37. The molecule has 0 bridgehead atoms. The first-order chi connectivity index (χ1) is 14.3. The van der Waals surface area contributed by atoms with Gasteiger partial charge in [0.05, 0.1) is 34.9 Å². The van der Waals surface area contributed by atoms with Gasteiger partial charge in [0, 0.05) is 13.1 Å². The van der Waals surface area contributed by atoms with E-state index in [2.05, 4.69) is 25.6 Å². The van der Waals surface area contributed by atoms with Crippen molar-refractivity contribution in [3.63, 3.8) is 0 Å². The van der Waals surface area contributed by atoms with Crippen molar-refractivity contribution >= 4 is 28.3 Å². The number of imidazole rings is 1. The Bertz CT molecular complexity index is 1310. The molecule has 0 radical (unpaired) electrons. The zero-order chi connectivity index (χ0) is 21.0. The van der Waals surface area contributed by atoms with Gasteiger partial charge in [-0.05, 0) is 51.7 Å². The predicted molar refractivity (Wildman–Crippen MR) is 112 cm³/mol. The Morgan fingerprint density at radius 3 is 2.77 bits per heavy atom. The molecule has 4 heterocycles. The van der Waals surface area contributed by atoms with E-state index in [4.69, 9.17) is 0 Å². The van der Waals surface area contributed by atoms with Crippen molar-refractivity contribution in [2.45, 2.75) is 51.2 Å². The molecule has 5 rings (SSSR count). The molecule has 2 N–H and O–H groups in total. The molecule has 10 heteroatoms. The fourth-order valence-electron chi connectivity index (χ4n) is 4.28. The number of fused-ring (bicyclic) bond motifs is 2. The van der Waals surface area contributed by atoms with Crippen molar-refractivity contribution < 1.29 is 5.11 Å². The molecule has 30 heavy (non-hydrogen) atoms. The first-order valence-corrected chi connectivity index (χ1v) is 10.1. The summed E-state index contributed by atoms with van der Waals surface area (Å²) in [4.78, 5) is 22.0. The second-order valence-corrected chi connectivity index (χ2v) is 8.37. The maximum absolute atomic E-state index is 12.9. The average molecular weight is 408 g/mol. The van der Waals surface area contributed by atoms with E-state index in [1.807, 2.05) is 26.0 Å². The Hall–Kier alpha value is -3.27. The molecule has 156 valence electrons. The number of hydrogen-bond acceptors (Lipinski definition) is 7. The van der Waals surface area contributed by atoms with Crippen molar-refractivity contribution in [3.8, 4) is 0 Å². The number of hydrogen-bond donors (Lipinski definition) is 2. The minimum Gasteiger partial charge on any atom is -0.390 e. The van der Waals surface area contributed by atoms with Crippen LogP contribution in [0.2, 0.25) is 0 Å². The minimum atomic E-state index is -0.663. The Morgan fingerprint density at radius 1 is 1.23 bits per heavy atom. The zero-order valence-corrected chi connectivity index (χ0v) is 17.2. The largest absolute Gasteiger partial charge is 0.390 e. The smallest absolute Gasteiger partial charge is 0.330 e. The highest BCUT2D eigenvalue weighted by atomic mass is 16.3. The highest BCUT2D eigenvalue weighted by Gasteiger charge is 2.31. The first-order valence-electron chi connectivity index (χ1n) is 10.1. The van der Waals surface area contributed by atoms with Crippen LogP contribution in [0.4, 0.5) is 11.6 Å². The normalized spacial score (nSPS) is 22.1. The molecule has 1 fully saturated rings. The standard InChI is InChI=1S/C20H24N8O2/c1-12-15(5-4-14-10-22-25-28(12)14)23-18-21-11-16-17(24-18)27(19(29)26(16)3)13-6-8-20(2,30)9-7-13/h4-5,10-11,13,30H,6-9H2,1-3H3,(H,21,23,24)/t13-,20-. The number of aryl methyl sites for hydroxylation is 2. The third-order valence-corrected chi connectivity index (χ3v) is 6.18. The topological polar surface area (TPSA) is 115 Å². The average Bonchev–Trinajstić information content (AvgIpc) is 3.29. The number of rotatable bonds is 3. The highest BCUT2D eigenvalue weighted by molar-refractivity contribution is 5.73. The zero-order valence-electron chi connectivity index (χ0n) is 17.2. The van der Waals surface area contributed by atoms with Crippen molar-refractivity contribution in [1.82, 2.24) is 33.9 Å². The quantitative estimate of drug-likeness (QED) is 0.533. The van der Waals surface area contributed by atoms with Gasteiger partial charge in [-0.3, -0.25) is 9.13 Å². The van der Waals surface area contributed by atoms with Crippen LogP contribution in [-0.2, 0) is 7.05 Å². The molecule has 4 aromatic rings. The van der Waals surface area contributed by atoms with Gasteiger partial charge < -0.3 is 10.4 Å². The van der Waals surface area contributed by atoms with Crippen molar-refractivity contribution in [3.05, 3.63) is 40.7 Å². The first kappa shape index (κ1) is 18.7. The number of nitrogens with zero attached hydrogens (tertiary/aromatic N) is 7. The van der Waals surface area contributed by atoms with Crippen LogP contribution in [0.5, 0.6) is 0 Å². The fraction of sp³-hybridized carbons (Fsp3) is 0.450. The Morgan fingerprint density at radius 2 is 2.00 bits per heavy atom. The van der Waals surface area contributed by atoms with Crippen LogP contribution in [0, 0.1) is 6.92 Å². The molecule has 10 nitrogen and oxygen atoms in total. The number of pyridine rings is 1. The maximum atomic E-state index is 12.9. The van der Waals surface area contributed by atoms with Gasteiger partial charge in [-0.25, -0.2) is 14.3 Å². The van der Waals surface area contributed by atoms with E-state index in [1.54, 1.807) is 33.1 Å². The van der Waals surface area contributed by atoms with Crippen LogP contribution in [0.3, 0.4) is 0 Å². The second kappa shape index (κ2) is 6.63. The molecule has 0 aromatic carbocycles. The third-order valence-electron chi connectivity index (χ3n) is 6.18. The summed E-state index contributed by atoms with van der Waals surface area (Å²) in [6, 6.07) is 3.86. The monoisotopic (exact) mass is 408 g/mol. The van der Waals surface area contributed by atoms with Gasteiger partial charge in [-0.2, -0.15) is 4.98 Å². The molecule has 0 aliphatic heterocycles. The fourth-order valence-corrected chi connectivity index (χ4v) is 4.28. The molecule has 0 spiro atoms. The van der Waals surface area contributed by atoms with Gasteiger partial charge in [0.25, 0.3) is 0 Å². The molecule has 1 aliphatic rings. The summed E-state index contributed by atoms with van der Waals surface area (Å²) in [5.41, 5.74) is 3.11. The van der Waals surface area contributed by atoms with Gasteiger partial charge in [-0.15, -0.1) is 5.10 Å². The molecule has 1 aliphatic carbocycles. The van der Waals surface area contributed by atoms with Crippen molar-refractivity contribution in [1.29, 1.82) is 0 Å². The highest BCUT2D eigenvalue weighted by Crippen LogP contribution is 2.35. The number of aromatic nitrogens is 7. The molecule has 1 saturated carbocycles. The number of anilines is 2. The van der Waals surface area contributed by atoms with Crippen LogP contribution < -0.4 is 11.0 Å². The molecular formula is C20H24N8O2.